The number of fused-ring (bicyclic) bond motifs is 1. The number of aromatic nitrogens is 2. The number of carbonyl (C=O) groups is 1. The molecule has 8 nitrogen and oxygen atoms in total. The zero-order chi connectivity index (χ0) is 14.3. The van der Waals surface area contributed by atoms with Gasteiger partial charge in [0, 0.05) is 18.5 Å². The Morgan fingerprint density at radius 1 is 1.60 bits per heavy atom. The van der Waals surface area contributed by atoms with Crippen molar-refractivity contribution in [3.05, 3.63) is 21.7 Å². The van der Waals surface area contributed by atoms with Crippen molar-refractivity contribution < 1.29 is 14.8 Å². The van der Waals surface area contributed by atoms with Crippen molar-refractivity contribution in [3.8, 4) is 0 Å². The lowest BCUT2D eigenvalue weighted by Gasteiger charge is -2.30. The monoisotopic (exact) mass is 296 g/mol. The summed E-state index contributed by atoms with van der Waals surface area (Å²) in [5.74, 6) is -1.18. The van der Waals surface area contributed by atoms with E-state index in [2.05, 4.69) is 4.98 Å². The van der Waals surface area contributed by atoms with Crippen molar-refractivity contribution in [1.82, 2.24) is 9.38 Å². The highest BCUT2D eigenvalue weighted by Crippen LogP contribution is 2.33. The van der Waals surface area contributed by atoms with Crippen LogP contribution in [0.4, 0.5) is 11.6 Å². The first-order valence-electron chi connectivity index (χ1n) is 6.15. The fourth-order valence-corrected chi connectivity index (χ4v) is 3.22. The molecule has 2 aromatic rings. The minimum absolute atomic E-state index is 0.0905. The van der Waals surface area contributed by atoms with E-state index in [-0.39, 0.29) is 18.2 Å². The Labute approximate surface area is 117 Å². The summed E-state index contributed by atoms with van der Waals surface area (Å²) >= 11 is 1.32. The number of nitro groups is 1. The highest BCUT2D eigenvalue weighted by Gasteiger charge is 2.33. The van der Waals surface area contributed by atoms with E-state index in [0.717, 1.165) is 0 Å². The van der Waals surface area contributed by atoms with Gasteiger partial charge in [0.1, 0.15) is 6.20 Å². The van der Waals surface area contributed by atoms with Crippen LogP contribution in [0.1, 0.15) is 12.8 Å². The largest absolute Gasteiger partial charge is 0.481 e. The molecule has 1 atom stereocenters. The van der Waals surface area contributed by atoms with Gasteiger partial charge in [-0.2, -0.15) is 9.38 Å². The highest BCUT2D eigenvalue weighted by atomic mass is 32.1. The highest BCUT2D eigenvalue weighted by molar-refractivity contribution is 7.15. The lowest BCUT2D eigenvalue weighted by Crippen LogP contribution is -2.39. The third-order valence-corrected chi connectivity index (χ3v) is 4.22. The molecule has 1 unspecified atom stereocenters. The molecular weight excluding hydrogens is 284 g/mol. The summed E-state index contributed by atoms with van der Waals surface area (Å²) in [6, 6.07) is 0. The van der Waals surface area contributed by atoms with Crippen LogP contribution in [0.25, 0.3) is 4.96 Å². The van der Waals surface area contributed by atoms with E-state index in [1.165, 1.54) is 15.7 Å². The molecule has 1 aliphatic heterocycles. The van der Waals surface area contributed by atoms with Gasteiger partial charge in [-0.05, 0) is 17.8 Å². The van der Waals surface area contributed by atoms with Crippen LogP contribution in [0.15, 0.2) is 11.6 Å². The Kier molecular flexibility index (Phi) is 3.05. The second kappa shape index (κ2) is 4.75. The van der Waals surface area contributed by atoms with Crippen molar-refractivity contribution in [2.75, 3.05) is 18.0 Å². The first kappa shape index (κ1) is 12.9. The first-order chi connectivity index (χ1) is 9.58. The number of carboxylic acid groups (broad SMARTS) is 1. The molecule has 1 aliphatic rings. The van der Waals surface area contributed by atoms with Crippen molar-refractivity contribution in [1.29, 1.82) is 0 Å². The molecular formula is C11H12N4O4S. The Balaban J connectivity index is 2.00. The third-order valence-electron chi connectivity index (χ3n) is 3.46. The summed E-state index contributed by atoms with van der Waals surface area (Å²) in [5.41, 5.74) is 0. The maximum atomic E-state index is 11.3. The molecule has 0 aromatic carbocycles. The van der Waals surface area contributed by atoms with Crippen LogP contribution >= 0.6 is 11.3 Å². The molecule has 20 heavy (non-hydrogen) atoms. The molecule has 1 saturated heterocycles. The van der Waals surface area contributed by atoms with Gasteiger partial charge in [-0.3, -0.25) is 4.79 Å². The number of aliphatic carboxylic acids is 1. The van der Waals surface area contributed by atoms with Gasteiger partial charge in [-0.25, -0.2) is 0 Å². The summed E-state index contributed by atoms with van der Waals surface area (Å²) in [6.07, 6.45) is 2.90. The molecule has 2 aromatic heterocycles. The zero-order valence-corrected chi connectivity index (χ0v) is 11.2. The molecule has 0 bridgehead atoms. The second-order valence-corrected chi connectivity index (χ2v) is 5.57. The van der Waals surface area contributed by atoms with Gasteiger partial charge >= 0.3 is 11.8 Å². The SMILES string of the molecule is O=C(O)C1CCCN(c2nc3sccn3c2[N+](=O)[O-])C1. The maximum Gasteiger partial charge on any atom is 0.373 e. The van der Waals surface area contributed by atoms with E-state index in [9.17, 15) is 14.9 Å². The lowest BCUT2D eigenvalue weighted by atomic mass is 9.98. The molecule has 1 fully saturated rings. The van der Waals surface area contributed by atoms with Gasteiger partial charge < -0.3 is 20.1 Å². The van der Waals surface area contributed by atoms with Gasteiger partial charge in [-0.15, -0.1) is 0 Å². The Hall–Kier alpha value is -2.16. The molecule has 1 N–H and O–H groups in total. The Bertz CT molecular complexity index is 679. The second-order valence-electron chi connectivity index (χ2n) is 4.70. The number of anilines is 1. The van der Waals surface area contributed by atoms with E-state index >= 15 is 0 Å². The quantitative estimate of drug-likeness (QED) is 0.682. The average molecular weight is 296 g/mol. The molecule has 0 amide bonds. The lowest BCUT2D eigenvalue weighted by molar-refractivity contribution is -0.389. The number of piperidine rings is 1. The number of rotatable bonds is 3. The van der Waals surface area contributed by atoms with Crippen LogP contribution in [0.2, 0.25) is 0 Å². The van der Waals surface area contributed by atoms with Gasteiger partial charge in [-0.1, -0.05) is 11.3 Å². The molecule has 0 radical (unpaired) electrons. The van der Waals surface area contributed by atoms with E-state index in [0.29, 0.717) is 24.3 Å². The summed E-state index contributed by atoms with van der Waals surface area (Å²) in [7, 11) is 0. The average Bonchev–Trinajstić information content (AvgIpc) is 2.97. The maximum absolute atomic E-state index is 11.3. The van der Waals surface area contributed by atoms with Crippen LogP contribution < -0.4 is 4.90 Å². The summed E-state index contributed by atoms with van der Waals surface area (Å²) in [4.78, 5) is 28.4. The van der Waals surface area contributed by atoms with Gasteiger partial charge in [0.2, 0.25) is 5.82 Å². The number of hydrogen-bond donors (Lipinski definition) is 1. The molecule has 0 saturated carbocycles. The van der Waals surface area contributed by atoms with Gasteiger partial charge in [0.05, 0.1) is 5.92 Å². The fourth-order valence-electron chi connectivity index (χ4n) is 2.52. The predicted molar refractivity (Wildman–Crippen MR) is 72.3 cm³/mol. The minimum Gasteiger partial charge on any atom is -0.481 e. The Morgan fingerprint density at radius 2 is 2.40 bits per heavy atom. The van der Waals surface area contributed by atoms with Crippen molar-refractivity contribution in [2.45, 2.75) is 12.8 Å². The van der Waals surface area contributed by atoms with Gasteiger partial charge in [0.15, 0.2) is 0 Å². The van der Waals surface area contributed by atoms with Crippen molar-refractivity contribution in [3.63, 3.8) is 0 Å². The number of nitrogens with zero attached hydrogens (tertiary/aromatic N) is 4. The van der Waals surface area contributed by atoms with Crippen LogP contribution in [0, 0.1) is 16.0 Å². The predicted octanol–water partition coefficient (Wildman–Crippen LogP) is 1.60. The van der Waals surface area contributed by atoms with Crippen LogP contribution in [0.5, 0.6) is 0 Å². The minimum atomic E-state index is -0.863. The number of thiazole rings is 1. The molecule has 9 heteroatoms. The molecule has 106 valence electrons. The van der Waals surface area contributed by atoms with Crippen molar-refractivity contribution >= 4 is 33.9 Å². The summed E-state index contributed by atoms with van der Waals surface area (Å²) in [5, 5.41) is 22.1. The standard InChI is InChI=1S/C11H12N4O4S/c16-10(17)7-2-1-3-13(6-7)8-9(15(18)19)14-4-5-20-11(14)12-8/h4-5,7H,1-3,6H2,(H,16,17). The zero-order valence-electron chi connectivity index (χ0n) is 10.4. The summed E-state index contributed by atoms with van der Waals surface area (Å²) in [6.45, 7) is 0.858. The van der Waals surface area contributed by atoms with E-state index in [1.54, 1.807) is 16.5 Å². The van der Waals surface area contributed by atoms with E-state index in [1.807, 2.05) is 0 Å². The Morgan fingerprint density at radius 3 is 3.10 bits per heavy atom. The molecule has 0 aliphatic carbocycles. The third kappa shape index (κ3) is 1.99. The number of hydrogen-bond acceptors (Lipinski definition) is 6. The topological polar surface area (TPSA) is 101 Å². The number of carboxylic acids is 1. The molecule has 0 spiro atoms. The van der Waals surface area contributed by atoms with Crippen LogP contribution in [-0.4, -0.2) is 38.5 Å². The normalized spacial score (nSPS) is 19.4. The molecule has 3 rings (SSSR count). The van der Waals surface area contributed by atoms with E-state index < -0.39 is 16.8 Å². The van der Waals surface area contributed by atoms with Crippen molar-refractivity contribution in [2.24, 2.45) is 5.92 Å². The number of imidazole rings is 1. The first-order valence-corrected chi connectivity index (χ1v) is 7.03. The van der Waals surface area contributed by atoms with E-state index in [4.69, 9.17) is 5.11 Å². The summed E-state index contributed by atoms with van der Waals surface area (Å²) < 4.78 is 1.43. The smallest absolute Gasteiger partial charge is 0.373 e. The van der Waals surface area contributed by atoms with Gasteiger partial charge in [0.25, 0.3) is 4.96 Å². The van der Waals surface area contributed by atoms with Crippen LogP contribution in [0.3, 0.4) is 0 Å². The fraction of sp³-hybridized carbons (Fsp3) is 0.455. The molecule has 3 heterocycles. The van der Waals surface area contributed by atoms with Crippen LogP contribution in [-0.2, 0) is 4.79 Å².